The molecule has 1 amide bonds. The Balaban J connectivity index is 1.82. The molecule has 2 aromatic rings. The van der Waals surface area contributed by atoms with E-state index < -0.39 is 5.66 Å². The number of carbonyl (C=O) groups excluding carboxylic acids is 1. The molecule has 0 aliphatic carbocycles. The number of aryl methyl sites for hydroxylation is 1. The molecule has 0 aromatic heterocycles. The summed E-state index contributed by atoms with van der Waals surface area (Å²) < 4.78 is 0. The molecule has 0 radical (unpaired) electrons. The molecule has 4 heteroatoms. The Bertz CT molecular complexity index is 901. The second-order valence-electron chi connectivity index (χ2n) is 7.62. The average molecular weight is 367 g/mol. The molecule has 134 valence electrons. The van der Waals surface area contributed by atoms with E-state index >= 15 is 0 Å². The molecule has 1 saturated heterocycles. The van der Waals surface area contributed by atoms with E-state index in [1.165, 1.54) is 11.1 Å². The molecule has 2 aliphatic rings. The summed E-state index contributed by atoms with van der Waals surface area (Å²) in [6.45, 7) is 6.97. The van der Waals surface area contributed by atoms with Crippen LogP contribution in [0.25, 0.3) is 6.08 Å². The lowest BCUT2D eigenvalue weighted by molar-refractivity contribution is -0.118. The maximum Gasteiger partial charge on any atom is 0.241 e. The first-order valence-electron chi connectivity index (χ1n) is 9.04. The summed E-state index contributed by atoms with van der Waals surface area (Å²) in [7, 11) is 0. The van der Waals surface area contributed by atoms with Crippen LogP contribution >= 0.6 is 11.6 Å². The number of amides is 1. The molecular weight excluding hydrogens is 344 g/mol. The van der Waals surface area contributed by atoms with Crippen LogP contribution in [0.15, 0.2) is 48.5 Å². The van der Waals surface area contributed by atoms with E-state index in [0.29, 0.717) is 6.54 Å². The summed E-state index contributed by atoms with van der Waals surface area (Å²) in [6, 6.07) is 14.3. The van der Waals surface area contributed by atoms with Gasteiger partial charge in [-0.3, -0.25) is 4.79 Å². The van der Waals surface area contributed by atoms with Gasteiger partial charge >= 0.3 is 0 Å². The second-order valence-corrected chi connectivity index (χ2v) is 8.05. The van der Waals surface area contributed by atoms with Crippen molar-refractivity contribution in [1.29, 1.82) is 0 Å². The minimum atomic E-state index is -0.557. The van der Waals surface area contributed by atoms with Crippen molar-refractivity contribution >= 4 is 29.3 Å². The molecule has 1 atom stereocenters. The highest BCUT2D eigenvalue weighted by Gasteiger charge is 2.59. The topological polar surface area (TPSA) is 32.3 Å². The van der Waals surface area contributed by atoms with Crippen LogP contribution in [0.4, 0.5) is 5.69 Å². The molecule has 2 aliphatic heterocycles. The Labute approximate surface area is 159 Å². The van der Waals surface area contributed by atoms with Crippen LogP contribution in [0.5, 0.6) is 0 Å². The first-order valence-corrected chi connectivity index (χ1v) is 9.42. The number of rotatable bonds is 3. The molecule has 0 saturated carbocycles. The van der Waals surface area contributed by atoms with Gasteiger partial charge in [-0.2, -0.15) is 0 Å². The van der Waals surface area contributed by atoms with Gasteiger partial charge in [0.2, 0.25) is 5.91 Å². The third kappa shape index (κ3) is 2.38. The Kier molecular flexibility index (Phi) is 3.89. The largest absolute Gasteiger partial charge is 0.335 e. The van der Waals surface area contributed by atoms with Crippen LogP contribution in [0, 0.1) is 0 Å². The van der Waals surface area contributed by atoms with Gasteiger partial charge in [-0.25, -0.2) is 0 Å². The maximum absolute atomic E-state index is 12.3. The molecule has 1 fully saturated rings. The van der Waals surface area contributed by atoms with E-state index in [1.54, 1.807) is 0 Å². The normalized spacial score (nSPS) is 23.2. The smallest absolute Gasteiger partial charge is 0.241 e. The van der Waals surface area contributed by atoms with Crippen LogP contribution < -0.4 is 10.2 Å². The van der Waals surface area contributed by atoms with Crippen molar-refractivity contribution in [3.63, 3.8) is 0 Å². The van der Waals surface area contributed by atoms with E-state index in [9.17, 15) is 4.79 Å². The standard InChI is InChI=1S/C22H23ClN2O/c1-4-15-7-10-19-18(13-15)21(2,3)22(24-20(26)14-25(19)22)12-11-16-5-8-17(23)9-6-16/h5-13H,4,14H2,1-3H3,(H,24,26)/b12-11+. The van der Waals surface area contributed by atoms with Crippen molar-refractivity contribution < 1.29 is 4.79 Å². The van der Waals surface area contributed by atoms with E-state index in [1.807, 2.05) is 24.3 Å². The third-order valence-corrected chi connectivity index (χ3v) is 6.08. The van der Waals surface area contributed by atoms with Crippen molar-refractivity contribution in [3.8, 4) is 0 Å². The van der Waals surface area contributed by atoms with E-state index in [4.69, 9.17) is 11.6 Å². The highest BCUT2D eigenvalue weighted by atomic mass is 35.5. The molecule has 1 unspecified atom stereocenters. The average Bonchev–Trinajstić information content (AvgIpc) is 3.05. The summed E-state index contributed by atoms with van der Waals surface area (Å²) in [5.74, 6) is 0.0593. The fourth-order valence-electron chi connectivity index (χ4n) is 4.23. The maximum atomic E-state index is 12.3. The van der Waals surface area contributed by atoms with Crippen molar-refractivity contribution in [2.24, 2.45) is 0 Å². The summed E-state index contributed by atoms with van der Waals surface area (Å²) in [5.41, 5.74) is 4.01. The Morgan fingerprint density at radius 1 is 1.19 bits per heavy atom. The first-order chi connectivity index (χ1) is 12.4. The SMILES string of the molecule is CCc1ccc2c(c1)C(C)(C)C1(/C=C/c3ccc(Cl)cc3)NC(=O)CN21. The number of hydrogen-bond acceptors (Lipinski definition) is 2. The summed E-state index contributed by atoms with van der Waals surface area (Å²) in [6.07, 6.45) is 5.21. The van der Waals surface area contributed by atoms with Crippen molar-refractivity contribution in [3.05, 3.63) is 70.3 Å². The van der Waals surface area contributed by atoms with Crippen molar-refractivity contribution in [2.75, 3.05) is 11.4 Å². The zero-order chi connectivity index (χ0) is 18.5. The number of nitrogens with one attached hydrogen (secondary N) is 1. The molecule has 0 bridgehead atoms. The van der Waals surface area contributed by atoms with Gasteiger partial charge in [0.1, 0.15) is 5.66 Å². The van der Waals surface area contributed by atoms with Gasteiger partial charge in [0.25, 0.3) is 0 Å². The van der Waals surface area contributed by atoms with Crippen LogP contribution in [-0.2, 0) is 16.6 Å². The molecule has 2 aromatic carbocycles. The van der Waals surface area contributed by atoms with Crippen LogP contribution in [0.3, 0.4) is 0 Å². The third-order valence-electron chi connectivity index (χ3n) is 5.83. The van der Waals surface area contributed by atoms with Crippen molar-refractivity contribution in [2.45, 2.75) is 38.3 Å². The van der Waals surface area contributed by atoms with Gasteiger partial charge in [-0.05, 0) is 47.4 Å². The van der Waals surface area contributed by atoms with E-state index in [-0.39, 0.29) is 11.3 Å². The summed E-state index contributed by atoms with van der Waals surface area (Å²) in [5, 5.41) is 3.98. The van der Waals surface area contributed by atoms with Gasteiger partial charge in [-0.15, -0.1) is 0 Å². The summed E-state index contributed by atoms with van der Waals surface area (Å²) in [4.78, 5) is 14.5. The first kappa shape index (κ1) is 17.2. The number of halogens is 1. The number of hydrogen-bond donors (Lipinski definition) is 1. The predicted octanol–water partition coefficient (Wildman–Crippen LogP) is 4.54. The number of benzene rings is 2. The Morgan fingerprint density at radius 3 is 2.62 bits per heavy atom. The highest BCUT2D eigenvalue weighted by Crippen LogP contribution is 2.53. The Morgan fingerprint density at radius 2 is 1.92 bits per heavy atom. The Hall–Kier alpha value is -2.26. The van der Waals surface area contributed by atoms with Crippen LogP contribution in [0.2, 0.25) is 5.02 Å². The molecular formula is C22H23ClN2O. The fraction of sp³-hybridized carbons (Fsp3) is 0.318. The lowest BCUT2D eigenvalue weighted by atomic mass is 9.75. The van der Waals surface area contributed by atoms with Gasteiger partial charge in [-0.1, -0.05) is 62.7 Å². The van der Waals surface area contributed by atoms with Gasteiger partial charge < -0.3 is 10.2 Å². The number of nitrogens with zero attached hydrogens (tertiary/aromatic N) is 1. The lowest BCUT2D eigenvalue weighted by Gasteiger charge is -2.40. The van der Waals surface area contributed by atoms with E-state index in [0.717, 1.165) is 22.7 Å². The zero-order valence-corrected chi connectivity index (χ0v) is 16.1. The lowest BCUT2D eigenvalue weighted by Crippen LogP contribution is -2.58. The quantitative estimate of drug-likeness (QED) is 0.864. The summed E-state index contributed by atoms with van der Waals surface area (Å²) >= 11 is 5.99. The van der Waals surface area contributed by atoms with Crippen LogP contribution in [-0.4, -0.2) is 18.1 Å². The minimum absolute atomic E-state index is 0.0593. The van der Waals surface area contributed by atoms with Crippen LogP contribution in [0.1, 0.15) is 37.5 Å². The molecule has 3 nitrogen and oxygen atoms in total. The van der Waals surface area contributed by atoms with E-state index in [2.05, 4.69) is 61.3 Å². The number of carbonyl (C=O) groups is 1. The minimum Gasteiger partial charge on any atom is -0.335 e. The monoisotopic (exact) mass is 366 g/mol. The fourth-order valence-corrected chi connectivity index (χ4v) is 4.36. The molecule has 26 heavy (non-hydrogen) atoms. The van der Waals surface area contributed by atoms with Gasteiger partial charge in [0.05, 0.1) is 6.54 Å². The molecule has 0 spiro atoms. The second kappa shape index (κ2) is 5.88. The predicted molar refractivity (Wildman–Crippen MR) is 108 cm³/mol. The highest BCUT2D eigenvalue weighted by molar-refractivity contribution is 6.30. The molecule has 4 rings (SSSR count). The van der Waals surface area contributed by atoms with Gasteiger partial charge in [0.15, 0.2) is 0 Å². The molecule has 1 N–H and O–H groups in total. The zero-order valence-electron chi connectivity index (χ0n) is 15.3. The number of fused-ring (bicyclic) bond motifs is 3. The molecule has 2 heterocycles. The van der Waals surface area contributed by atoms with Gasteiger partial charge in [0, 0.05) is 16.1 Å². The van der Waals surface area contributed by atoms with Crippen molar-refractivity contribution in [1.82, 2.24) is 5.32 Å². The number of anilines is 1.